The monoisotopic (exact) mass is 569 g/mol. The number of hydrogen-bond acceptors (Lipinski definition) is 4. The Hall–Kier alpha value is -2.29. The summed E-state index contributed by atoms with van der Waals surface area (Å²) in [6.07, 6.45) is 1.50. The molecule has 204 valence electrons. The molecule has 0 aliphatic heterocycles. The van der Waals surface area contributed by atoms with Crippen molar-refractivity contribution in [2.24, 2.45) is 0 Å². The number of carbonyl (C=O) groups is 2. The second kappa shape index (κ2) is 12.5. The Morgan fingerprint density at radius 2 is 1.65 bits per heavy atom. The highest BCUT2D eigenvalue weighted by molar-refractivity contribution is 7.92. The minimum absolute atomic E-state index is 0.0608. The van der Waals surface area contributed by atoms with Gasteiger partial charge in [-0.1, -0.05) is 35.3 Å². The van der Waals surface area contributed by atoms with Crippen molar-refractivity contribution in [2.75, 3.05) is 17.1 Å². The molecule has 2 aromatic carbocycles. The van der Waals surface area contributed by atoms with Gasteiger partial charge in [-0.2, -0.15) is 0 Å². The topological polar surface area (TPSA) is 86.8 Å². The highest BCUT2D eigenvalue weighted by Crippen LogP contribution is 2.25. The van der Waals surface area contributed by atoms with E-state index in [0.29, 0.717) is 15.7 Å². The summed E-state index contributed by atoms with van der Waals surface area (Å²) in [5.41, 5.74) is 2.86. The van der Waals surface area contributed by atoms with E-state index in [9.17, 15) is 18.0 Å². The van der Waals surface area contributed by atoms with Crippen LogP contribution in [-0.2, 0) is 26.2 Å². The van der Waals surface area contributed by atoms with Crippen LogP contribution in [0.3, 0.4) is 0 Å². The molecule has 10 heteroatoms. The number of aryl methyl sites for hydroxylation is 2. The fourth-order valence-corrected chi connectivity index (χ4v) is 5.05. The van der Waals surface area contributed by atoms with Crippen LogP contribution in [0.5, 0.6) is 0 Å². The molecule has 7 nitrogen and oxygen atoms in total. The molecule has 0 aromatic heterocycles. The van der Waals surface area contributed by atoms with E-state index in [1.165, 1.54) is 9.21 Å². The Bertz CT molecular complexity index is 1240. The van der Waals surface area contributed by atoms with Gasteiger partial charge in [-0.3, -0.25) is 13.9 Å². The van der Waals surface area contributed by atoms with E-state index in [1.54, 1.807) is 31.2 Å². The van der Waals surface area contributed by atoms with Gasteiger partial charge in [0.05, 0.1) is 22.0 Å². The number of hydrogen-bond donors (Lipinski definition) is 1. The van der Waals surface area contributed by atoms with Crippen LogP contribution in [0.1, 0.15) is 57.2 Å². The third-order valence-corrected chi connectivity index (χ3v) is 7.87. The Morgan fingerprint density at radius 1 is 1.00 bits per heavy atom. The van der Waals surface area contributed by atoms with Crippen molar-refractivity contribution < 1.29 is 18.0 Å². The van der Waals surface area contributed by atoms with Crippen LogP contribution in [-0.4, -0.2) is 49.5 Å². The van der Waals surface area contributed by atoms with Gasteiger partial charge in [0.2, 0.25) is 21.8 Å². The minimum atomic E-state index is -3.56. The molecular formula is C27H37Cl2N3O4S. The highest BCUT2D eigenvalue weighted by Gasteiger charge is 2.29. The number of nitrogens with zero attached hydrogens (tertiary/aromatic N) is 2. The van der Waals surface area contributed by atoms with E-state index >= 15 is 0 Å². The van der Waals surface area contributed by atoms with Crippen molar-refractivity contribution in [3.8, 4) is 0 Å². The number of anilines is 1. The number of benzene rings is 2. The normalized spacial score (nSPS) is 12.7. The first kappa shape index (κ1) is 30.9. The third-order valence-electron chi connectivity index (χ3n) is 5.93. The fraction of sp³-hybridized carbons (Fsp3) is 0.481. The van der Waals surface area contributed by atoms with Crippen molar-refractivity contribution in [1.82, 2.24) is 10.2 Å². The average molecular weight is 571 g/mol. The van der Waals surface area contributed by atoms with Crippen LogP contribution >= 0.6 is 23.2 Å². The van der Waals surface area contributed by atoms with Crippen molar-refractivity contribution in [2.45, 2.75) is 72.5 Å². The second-order valence-electron chi connectivity index (χ2n) is 10.4. The highest BCUT2D eigenvalue weighted by atomic mass is 35.5. The lowest BCUT2D eigenvalue weighted by atomic mass is 10.1. The quantitative estimate of drug-likeness (QED) is 0.410. The maximum absolute atomic E-state index is 13.4. The SMILES string of the molecule is Cc1ccc(N(CCCC(=O)N(Cc2ccc(Cl)c(Cl)c2)[C@H](C)C(=O)NC(C)(C)C)S(C)(=O)=O)cc1C. The smallest absolute Gasteiger partial charge is 0.242 e. The Labute approximate surface area is 231 Å². The Balaban J connectivity index is 2.23. The van der Waals surface area contributed by atoms with Crippen molar-refractivity contribution in [3.63, 3.8) is 0 Å². The van der Waals surface area contributed by atoms with E-state index < -0.39 is 21.6 Å². The summed E-state index contributed by atoms with van der Waals surface area (Å²) in [5.74, 6) is -0.551. The average Bonchev–Trinajstić information content (AvgIpc) is 2.76. The maximum Gasteiger partial charge on any atom is 0.242 e. The van der Waals surface area contributed by atoms with Crippen molar-refractivity contribution >= 4 is 50.7 Å². The molecule has 0 fully saturated rings. The van der Waals surface area contributed by atoms with Crippen LogP contribution in [0.15, 0.2) is 36.4 Å². The molecule has 1 N–H and O–H groups in total. The van der Waals surface area contributed by atoms with Crippen LogP contribution in [0.2, 0.25) is 10.0 Å². The summed E-state index contributed by atoms with van der Waals surface area (Å²) in [6.45, 7) is 11.5. The number of rotatable bonds is 10. The van der Waals surface area contributed by atoms with E-state index in [2.05, 4.69) is 5.32 Å². The number of amides is 2. The molecule has 0 aliphatic carbocycles. The molecule has 0 aliphatic rings. The van der Waals surface area contributed by atoms with Gasteiger partial charge in [0.15, 0.2) is 0 Å². The van der Waals surface area contributed by atoms with E-state index in [-0.39, 0.29) is 37.7 Å². The Morgan fingerprint density at radius 3 is 2.19 bits per heavy atom. The van der Waals surface area contributed by atoms with Crippen molar-refractivity contribution in [3.05, 3.63) is 63.1 Å². The van der Waals surface area contributed by atoms with E-state index in [1.807, 2.05) is 46.8 Å². The predicted molar refractivity (Wildman–Crippen MR) is 152 cm³/mol. The van der Waals surface area contributed by atoms with Gasteiger partial charge in [-0.15, -0.1) is 0 Å². The molecule has 2 amide bonds. The summed E-state index contributed by atoms with van der Waals surface area (Å²) >= 11 is 12.2. The molecule has 2 rings (SSSR count). The summed E-state index contributed by atoms with van der Waals surface area (Å²) in [7, 11) is -3.56. The molecule has 2 aromatic rings. The molecule has 37 heavy (non-hydrogen) atoms. The second-order valence-corrected chi connectivity index (χ2v) is 13.1. The summed E-state index contributed by atoms with van der Waals surface area (Å²) in [4.78, 5) is 27.8. The summed E-state index contributed by atoms with van der Waals surface area (Å²) < 4.78 is 26.4. The molecule has 0 radical (unpaired) electrons. The van der Waals surface area contributed by atoms with Crippen LogP contribution < -0.4 is 9.62 Å². The lowest BCUT2D eigenvalue weighted by Gasteiger charge is -2.32. The van der Waals surface area contributed by atoms with Gasteiger partial charge < -0.3 is 10.2 Å². The lowest BCUT2D eigenvalue weighted by Crippen LogP contribution is -2.52. The number of sulfonamides is 1. The van der Waals surface area contributed by atoms with Gasteiger partial charge >= 0.3 is 0 Å². The van der Waals surface area contributed by atoms with Gasteiger partial charge in [0, 0.05) is 25.0 Å². The van der Waals surface area contributed by atoms with E-state index in [4.69, 9.17) is 23.2 Å². The zero-order valence-electron chi connectivity index (χ0n) is 22.6. The molecule has 0 bridgehead atoms. The third kappa shape index (κ3) is 9.20. The molecule has 0 spiro atoms. The van der Waals surface area contributed by atoms with Gasteiger partial charge in [-0.05, 0) is 88.9 Å². The zero-order valence-corrected chi connectivity index (χ0v) is 24.9. The first-order valence-corrected chi connectivity index (χ1v) is 14.7. The molecule has 0 heterocycles. The summed E-state index contributed by atoms with van der Waals surface area (Å²) in [6, 6.07) is 9.79. The van der Waals surface area contributed by atoms with Gasteiger partial charge in [-0.25, -0.2) is 8.42 Å². The first-order chi connectivity index (χ1) is 17.0. The largest absolute Gasteiger partial charge is 0.350 e. The lowest BCUT2D eigenvalue weighted by molar-refractivity contribution is -0.141. The molecule has 0 saturated carbocycles. The number of nitrogens with one attached hydrogen (secondary N) is 1. The van der Waals surface area contributed by atoms with Crippen molar-refractivity contribution in [1.29, 1.82) is 0 Å². The van der Waals surface area contributed by atoms with Gasteiger partial charge in [0.1, 0.15) is 6.04 Å². The molecule has 1 atom stereocenters. The zero-order chi connectivity index (χ0) is 28.1. The van der Waals surface area contributed by atoms with Crippen LogP contribution in [0.4, 0.5) is 5.69 Å². The summed E-state index contributed by atoms with van der Waals surface area (Å²) in [5, 5.41) is 3.67. The standard InChI is InChI=1S/C27H37Cl2N3O4S/c1-18-10-12-22(15-19(18)2)32(37(7,35)36)14-8-9-25(33)31(20(3)26(34)30-27(4,5)6)17-21-11-13-23(28)24(29)16-21/h10-13,15-16,20H,8-9,14,17H2,1-7H3,(H,30,34)/t20-/m1/s1. The Kier molecular flexibility index (Phi) is 10.5. The van der Waals surface area contributed by atoms with E-state index in [0.717, 1.165) is 22.9 Å². The molecular weight excluding hydrogens is 533 g/mol. The van der Waals surface area contributed by atoms with Crippen LogP contribution in [0, 0.1) is 13.8 Å². The number of halogens is 2. The van der Waals surface area contributed by atoms with Gasteiger partial charge in [0.25, 0.3) is 0 Å². The maximum atomic E-state index is 13.4. The fourth-order valence-electron chi connectivity index (χ4n) is 3.78. The number of carbonyl (C=O) groups excluding carboxylic acids is 2. The molecule has 0 saturated heterocycles. The molecule has 0 unspecified atom stereocenters. The first-order valence-electron chi connectivity index (χ1n) is 12.1. The predicted octanol–water partition coefficient (Wildman–Crippen LogP) is 5.49. The minimum Gasteiger partial charge on any atom is -0.350 e. The van der Waals surface area contributed by atoms with Crippen LogP contribution in [0.25, 0.3) is 0 Å².